The summed E-state index contributed by atoms with van der Waals surface area (Å²) in [7, 11) is -4.14. The molecule has 0 heterocycles. The molecule has 3 aromatic rings. The van der Waals surface area contributed by atoms with Crippen molar-refractivity contribution in [3.8, 4) is 0 Å². The number of amides is 2. The molecule has 0 aromatic heterocycles. The van der Waals surface area contributed by atoms with Gasteiger partial charge in [-0.05, 0) is 62.6 Å². The van der Waals surface area contributed by atoms with Crippen molar-refractivity contribution < 1.29 is 18.0 Å². The predicted molar refractivity (Wildman–Crippen MR) is 161 cm³/mol. The topological polar surface area (TPSA) is 86.8 Å². The number of sulfonamides is 1. The van der Waals surface area contributed by atoms with E-state index in [1.807, 2.05) is 13.8 Å². The normalized spacial score (nSPS) is 12.8. The van der Waals surface area contributed by atoms with E-state index in [-0.39, 0.29) is 23.4 Å². The van der Waals surface area contributed by atoms with Crippen LogP contribution in [0.4, 0.5) is 5.69 Å². The van der Waals surface area contributed by atoms with E-state index in [0.717, 1.165) is 4.31 Å². The van der Waals surface area contributed by atoms with E-state index in [1.54, 1.807) is 74.5 Å². The highest BCUT2D eigenvalue weighted by atomic mass is 35.5. The average molecular weight is 605 g/mol. The second-order valence-electron chi connectivity index (χ2n) is 9.58. The second-order valence-corrected chi connectivity index (χ2v) is 12.3. The maximum absolute atomic E-state index is 14.2. The molecule has 2 unspecified atom stereocenters. The Labute approximate surface area is 247 Å². The van der Waals surface area contributed by atoms with Gasteiger partial charge in [0.05, 0.1) is 10.6 Å². The average Bonchev–Trinajstić information content (AvgIpc) is 2.93. The van der Waals surface area contributed by atoms with Gasteiger partial charge >= 0.3 is 0 Å². The molecule has 0 saturated heterocycles. The van der Waals surface area contributed by atoms with Gasteiger partial charge < -0.3 is 10.2 Å². The maximum atomic E-state index is 14.2. The predicted octanol–water partition coefficient (Wildman–Crippen LogP) is 6.22. The van der Waals surface area contributed by atoms with Crippen LogP contribution in [0.2, 0.25) is 10.0 Å². The van der Waals surface area contributed by atoms with Crippen LogP contribution in [0.1, 0.15) is 44.7 Å². The van der Waals surface area contributed by atoms with Gasteiger partial charge in [0.25, 0.3) is 10.0 Å². The van der Waals surface area contributed by atoms with E-state index in [2.05, 4.69) is 5.32 Å². The van der Waals surface area contributed by atoms with Gasteiger partial charge in [0.2, 0.25) is 11.8 Å². The standard InChI is InChI=1S/C30H35Cl2N3O4S/c1-5-22(4)33-30(37)27(6-2)34(19-24-25(31)16-12-17-26(24)32)29(36)20-35(28-18-11-10-13-21(28)3)40(38,39)23-14-8-7-9-15-23/h7-18,22,27H,5-6,19-20H2,1-4H3,(H,33,37). The summed E-state index contributed by atoms with van der Waals surface area (Å²) >= 11 is 12.9. The number of benzene rings is 3. The molecule has 7 nitrogen and oxygen atoms in total. The van der Waals surface area contributed by atoms with E-state index in [9.17, 15) is 18.0 Å². The number of aryl methyl sites for hydroxylation is 1. The van der Waals surface area contributed by atoms with Gasteiger partial charge in [-0.25, -0.2) is 8.42 Å². The maximum Gasteiger partial charge on any atom is 0.264 e. The fourth-order valence-corrected chi connectivity index (χ4v) is 6.31. The lowest BCUT2D eigenvalue weighted by Gasteiger charge is -2.34. The first kappa shape index (κ1) is 31.5. The zero-order chi connectivity index (χ0) is 29.4. The van der Waals surface area contributed by atoms with Crippen molar-refractivity contribution >= 4 is 50.7 Å². The molecule has 0 saturated carbocycles. The number of carbonyl (C=O) groups excluding carboxylic acids is 2. The number of carbonyl (C=O) groups is 2. The Morgan fingerprint density at radius 2 is 1.48 bits per heavy atom. The van der Waals surface area contributed by atoms with Gasteiger partial charge in [0.1, 0.15) is 12.6 Å². The number of rotatable bonds is 12. The van der Waals surface area contributed by atoms with Crippen LogP contribution in [0.5, 0.6) is 0 Å². The first-order valence-electron chi connectivity index (χ1n) is 13.2. The summed E-state index contributed by atoms with van der Waals surface area (Å²) in [5.41, 5.74) is 1.52. The molecule has 40 heavy (non-hydrogen) atoms. The number of para-hydroxylation sites is 1. The molecule has 0 fully saturated rings. The SMILES string of the molecule is CCC(C)NC(=O)C(CC)N(Cc1c(Cl)cccc1Cl)C(=O)CN(c1ccccc1C)S(=O)(=O)c1ccccc1. The minimum Gasteiger partial charge on any atom is -0.352 e. The Morgan fingerprint density at radius 1 is 0.875 bits per heavy atom. The highest BCUT2D eigenvalue weighted by Gasteiger charge is 2.34. The summed E-state index contributed by atoms with van der Waals surface area (Å²) in [6.07, 6.45) is 1.01. The molecular formula is C30H35Cl2N3O4S. The number of hydrogen-bond acceptors (Lipinski definition) is 4. The Hall–Kier alpha value is -3.07. The lowest BCUT2D eigenvalue weighted by molar-refractivity contribution is -0.140. The van der Waals surface area contributed by atoms with Crippen molar-refractivity contribution in [1.82, 2.24) is 10.2 Å². The largest absolute Gasteiger partial charge is 0.352 e. The fraction of sp³-hybridized carbons (Fsp3) is 0.333. The summed E-state index contributed by atoms with van der Waals surface area (Å²) in [5, 5.41) is 3.64. The van der Waals surface area contributed by atoms with Crippen molar-refractivity contribution in [3.05, 3.63) is 94.0 Å². The van der Waals surface area contributed by atoms with Gasteiger partial charge in [0.15, 0.2) is 0 Å². The van der Waals surface area contributed by atoms with Crippen LogP contribution in [0.15, 0.2) is 77.7 Å². The smallest absolute Gasteiger partial charge is 0.264 e. The van der Waals surface area contributed by atoms with Gasteiger partial charge in [-0.3, -0.25) is 13.9 Å². The first-order chi connectivity index (χ1) is 19.0. The highest BCUT2D eigenvalue weighted by Crippen LogP contribution is 2.30. The third-order valence-corrected chi connectivity index (χ3v) is 9.25. The zero-order valence-corrected chi connectivity index (χ0v) is 25.4. The molecule has 1 N–H and O–H groups in total. The van der Waals surface area contributed by atoms with Crippen LogP contribution >= 0.6 is 23.2 Å². The molecule has 10 heteroatoms. The zero-order valence-electron chi connectivity index (χ0n) is 23.1. The molecule has 0 aliphatic heterocycles. The quantitative estimate of drug-likeness (QED) is 0.266. The lowest BCUT2D eigenvalue weighted by Crippen LogP contribution is -2.53. The Morgan fingerprint density at radius 3 is 2.05 bits per heavy atom. The molecule has 2 amide bonds. The van der Waals surface area contributed by atoms with Crippen molar-refractivity contribution in [2.75, 3.05) is 10.8 Å². The van der Waals surface area contributed by atoms with E-state index >= 15 is 0 Å². The number of nitrogens with zero attached hydrogens (tertiary/aromatic N) is 2. The summed E-state index contributed by atoms with van der Waals surface area (Å²) < 4.78 is 28.9. The molecular weight excluding hydrogens is 569 g/mol. The first-order valence-corrected chi connectivity index (χ1v) is 15.4. The van der Waals surface area contributed by atoms with Gasteiger partial charge in [-0.15, -0.1) is 0 Å². The molecule has 2 atom stereocenters. The van der Waals surface area contributed by atoms with E-state index < -0.39 is 28.5 Å². The number of halogens is 2. The summed E-state index contributed by atoms with van der Waals surface area (Å²) in [6, 6.07) is 18.9. The van der Waals surface area contributed by atoms with Crippen LogP contribution in [0.25, 0.3) is 0 Å². The lowest BCUT2D eigenvalue weighted by atomic mass is 10.1. The van der Waals surface area contributed by atoms with Crippen LogP contribution < -0.4 is 9.62 Å². The van der Waals surface area contributed by atoms with Gasteiger partial charge in [-0.1, -0.05) is 79.5 Å². The third-order valence-electron chi connectivity index (χ3n) is 6.77. The third kappa shape index (κ3) is 7.36. The molecule has 0 aliphatic carbocycles. The Bertz CT molecular complexity index is 1410. The van der Waals surface area contributed by atoms with Crippen molar-refractivity contribution in [3.63, 3.8) is 0 Å². The minimum atomic E-state index is -4.14. The molecule has 0 spiro atoms. The van der Waals surface area contributed by atoms with Crippen molar-refractivity contribution in [2.24, 2.45) is 0 Å². The molecule has 0 bridgehead atoms. The van der Waals surface area contributed by atoms with E-state index in [1.165, 1.54) is 17.0 Å². The van der Waals surface area contributed by atoms with Crippen LogP contribution in [0, 0.1) is 6.92 Å². The van der Waals surface area contributed by atoms with Gasteiger partial charge in [-0.2, -0.15) is 0 Å². The molecule has 3 rings (SSSR count). The number of nitrogens with one attached hydrogen (secondary N) is 1. The fourth-order valence-electron chi connectivity index (χ4n) is 4.29. The van der Waals surface area contributed by atoms with Gasteiger partial charge in [0, 0.05) is 28.2 Å². The Balaban J connectivity index is 2.10. The Kier molecular flexibility index (Phi) is 11.0. The van der Waals surface area contributed by atoms with Crippen LogP contribution in [-0.2, 0) is 26.2 Å². The molecule has 3 aromatic carbocycles. The van der Waals surface area contributed by atoms with E-state index in [4.69, 9.17) is 23.2 Å². The van der Waals surface area contributed by atoms with Crippen LogP contribution in [-0.4, -0.2) is 43.8 Å². The minimum absolute atomic E-state index is 0.0494. The molecule has 0 radical (unpaired) electrons. The summed E-state index contributed by atoms with van der Waals surface area (Å²) in [5.74, 6) is -0.897. The number of hydrogen-bond donors (Lipinski definition) is 1. The van der Waals surface area contributed by atoms with Crippen molar-refractivity contribution in [1.29, 1.82) is 0 Å². The van der Waals surface area contributed by atoms with E-state index in [0.29, 0.717) is 39.7 Å². The number of anilines is 1. The summed E-state index contributed by atoms with van der Waals surface area (Å²) in [6.45, 7) is 6.81. The highest BCUT2D eigenvalue weighted by molar-refractivity contribution is 7.92. The van der Waals surface area contributed by atoms with Crippen molar-refractivity contribution in [2.45, 2.75) is 64.1 Å². The summed E-state index contributed by atoms with van der Waals surface area (Å²) in [4.78, 5) is 29.0. The van der Waals surface area contributed by atoms with Crippen LogP contribution in [0.3, 0.4) is 0 Å². The molecule has 0 aliphatic rings. The molecule has 214 valence electrons. The monoisotopic (exact) mass is 603 g/mol. The second kappa shape index (κ2) is 14.0.